The van der Waals surface area contributed by atoms with Gasteiger partial charge in [-0.3, -0.25) is 0 Å². The second kappa shape index (κ2) is 2.71. The van der Waals surface area contributed by atoms with Gasteiger partial charge in [0.15, 0.2) is 4.47 Å². The number of nitrogens with zero attached hydrogens (tertiary/aromatic N) is 1. The largest absolute Gasteiger partial charge is 0.233 e. The van der Waals surface area contributed by atoms with Crippen molar-refractivity contribution >= 4 is 35.6 Å². The van der Waals surface area contributed by atoms with Crippen LogP contribution in [0.25, 0.3) is 0 Å². The maximum Gasteiger partial charge on any atom is 0.183 e. The third-order valence-electron chi connectivity index (χ3n) is 0.681. The van der Waals surface area contributed by atoms with Crippen molar-refractivity contribution in [2.24, 2.45) is 0 Å². The quantitative estimate of drug-likeness (QED) is 0.630. The van der Waals surface area contributed by atoms with Gasteiger partial charge in [0.2, 0.25) is 0 Å². The van der Waals surface area contributed by atoms with Crippen molar-refractivity contribution in [3.63, 3.8) is 0 Å². The number of thiol groups is 1. The molecule has 0 N–H and O–H groups in total. The van der Waals surface area contributed by atoms with Gasteiger partial charge in [-0.15, -0.1) is 11.3 Å². The van der Waals surface area contributed by atoms with E-state index in [2.05, 4.69) is 17.6 Å². The van der Waals surface area contributed by atoms with Crippen LogP contribution in [-0.2, 0) is 5.75 Å². The van der Waals surface area contributed by atoms with Crippen LogP contribution in [0.4, 0.5) is 0 Å². The Morgan fingerprint density at radius 1 is 1.88 bits per heavy atom. The lowest BCUT2D eigenvalue weighted by molar-refractivity contribution is 1.37. The molecule has 1 heterocycles. The number of thiazole rings is 1. The third kappa shape index (κ3) is 1.37. The Morgan fingerprint density at radius 2 is 2.62 bits per heavy atom. The lowest BCUT2D eigenvalue weighted by Gasteiger charge is -1.76. The van der Waals surface area contributed by atoms with E-state index in [1.54, 1.807) is 6.20 Å². The maximum absolute atomic E-state index is 5.51. The Labute approximate surface area is 62.1 Å². The molecule has 0 fully saturated rings. The molecular formula is C4H4ClNS2. The zero-order valence-electron chi connectivity index (χ0n) is 3.97. The lowest BCUT2D eigenvalue weighted by Crippen LogP contribution is -1.60. The molecule has 0 aliphatic heterocycles. The molecule has 0 aliphatic rings. The highest BCUT2D eigenvalue weighted by molar-refractivity contribution is 7.79. The van der Waals surface area contributed by atoms with Crippen molar-refractivity contribution in [1.29, 1.82) is 0 Å². The topological polar surface area (TPSA) is 12.9 Å². The monoisotopic (exact) mass is 165 g/mol. The van der Waals surface area contributed by atoms with Gasteiger partial charge in [-0.1, -0.05) is 11.6 Å². The van der Waals surface area contributed by atoms with Gasteiger partial charge < -0.3 is 0 Å². The summed E-state index contributed by atoms with van der Waals surface area (Å²) < 4.78 is 0.592. The summed E-state index contributed by atoms with van der Waals surface area (Å²) in [4.78, 5) is 4.93. The summed E-state index contributed by atoms with van der Waals surface area (Å²) >= 11 is 11.0. The van der Waals surface area contributed by atoms with E-state index >= 15 is 0 Å². The highest BCUT2D eigenvalue weighted by Crippen LogP contribution is 2.18. The van der Waals surface area contributed by atoms with Crippen molar-refractivity contribution in [2.75, 3.05) is 0 Å². The molecule has 0 radical (unpaired) electrons. The molecule has 1 rings (SSSR count). The number of hydrogen-bond donors (Lipinski definition) is 1. The molecule has 0 atom stereocenters. The molecule has 1 aromatic rings. The van der Waals surface area contributed by atoms with Crippen molar-refractivity contribution in [1.82, 2.24) is 4.98 Å². The highest BCUT2D eigenvalue weighted by Gasteiger charge is 1.93. The summed E-state index contributed by atoms with van der Waals surface area (Å²) in [6, 6.07) is 0. The number of rotatable bonds is 1. The van der Waals surface area contributed by atoms with E-state index in [0.717, 1.165) is 10.6 Å². The zero-order chi connectivity index (χ0) is 5.98. The molecule has 0 unspecified atom stereocenters. The van der Waals surface area contributed by atoms with E-state index in [0.29, 0.717) is 4.47 Å². The van der Waals surface area contributed by atoms with E-state index in [1.165, 1.54) is 11.3 Å². The van der Waals surface area contributed by atoms with Gasteiger partial charge >= 0.3 is 0 Å². The Morgan fingerprint density at radius 3 is 2.88 bits per heavy atom. The number of aromatic nitrogens is 1. The minimum Gasteiger partial charge on any atom is -0.233 e. The molecule has 44 valence electrons. The molecule has 0 aliphatic carbocycles. The molecule has 0 spiro atoms. The highest BCUT2D eigenvalue weighted by atomic mass is 35.5. The van der Waals surface area contributed by atoms with Crippen LogP contribution in [0.5, 0.6) is 0 Å². The van der Waals surface area contributed by atoms with Crippen LogP contribution in [0.2, 0.25) is 4.47 Å². The number of halogens is 1. The van der Waals surface area contributed by atoms with E-state index < -0.39 is 0 Å². The Hall–Kier alpha value is 0.270. The minimum absolute atomic E-state index is 0.592. The van der Waals surface area contributed by atoms with Crippen LogP contribution in [0.15, 0.2) is 6.20 Å². The van der Waals surface area contributed by atoms with Crippen LogP contribution < -0.4 is 0 Å². The van der Waals surface area contributed by atoms with Crippen LogP contribution in [0.3, 0.4) is 0 Å². The van der Waals surface area contributed by atoms with Crippen molar-refractivity contribution < 1.29 is 0 Å². The van der Waals surface area contributed by atoms with Gasteiger partial charge in [0, 0.05) is 16.8 Å². The number of hydrogen-bond acceptors (Lipinski definition) is 3. The predicted molar refractivity (Wildman–Crippen MR) is 39.8 cm³/mol. The van der Waals surface area contributed by atoms with E-state index in [1.807, 2.05) is 0 Å². The van der Waals surface area contributed by atoms with E-state index in [9.17, 15) is 0 Å². The molecule has 4 heteroatoms. The van der Waals surface area contributed by atoms with Gasteiger partial charge in [-0.25, -0.2) is 4.98 Å². The standard InChI is InChI=1S/C4H4ClNS2/c5-4-6-1-3(2-7)8-4/h1,7H,2H2. The van der Waals surface area contributed by atoms with E-state index in [-0.39, 0.29) is 0 Å². The molecule has 8 heavy (non-hydrogen) atoms. The van der Waals surface area contributed by atoms with Gasteiger partial charge in [-0.2, -0.15) is 12.6 Å². The molecule has 0 saturated carbocycles. The summed E-state index contributed by atoms with van der Waals surface area (Å²) in [5, 5.41) is 0. The van der Waals surface area contributed by atoms with Crippen LogP contribution >= 0.6 is 35.6 Å². The summed E-state index contributed by atoms with van der Waals surface area (Å²) in [6.45, 7) is 0. The first-order chi connectivity index (χ1) is 3.83. The SMILES string of the molecule is SCc1cnc(Cl)s1. The molecule has 0 bridgehead atoms. The second-order valence-corrected chi connectivity index (χ2v) is 3.25. The van der Waals surface area contributed by atoms with Crippen molar-refractivity contribution in [2.45, 2.75) is 5.75 Å². The molecule has 1 nitrogen and oxygen atoms in total. The van der Waals surface area contributed by atoms with Gasteiger partial charge in [0.25, 0.3) is 0 Å². The minimum atomic E-state index is 0.592. The van der Waals surface area contributed by atoms with Gasteiger partial charge in [0.1, 0.15) is 0 Å². The first-order valence-corrected chi connectivity index (χ1v) is 3.86. The summed E-state index contributed by atoms with van der Waals surface area (Å²) in [5.74, 6) is 0.727. The Kier molecular flexibility index (Phi) is 2.16. The Balaban J connectivity index is 2.84. The first-order valence-electron chi connectivity index (χ1n) is 2.04. The summed E-state index contributed by atoms with van der Waals surface area (Å²) in [6.07, 6.45) is 1.74. The average Bonchev–Trinajstić information content (AvgIpc) is 2.14. The van der Waals surface area contributed by atoms with Crippen molar-refractivity contribution in [3.05, 3.63) is 15.5 Å². The normalized spacial score (nSPS) is 9.75. The lowest BCUT2D eigenvalue weighted by atomic mass is 10.6. The molecule has 1 aromatic heterocycles. The first kappa shape index (κ1) is 6.39. The van der Waals surface area contributed by atoms with E-state index in [4.69, 9.17) is 11.6 Å². The van der Waals surface area contributed by atoms with Crippen LogP contribution in [-0.4, -0.2) is 4.98 Å². The molecule has 0 amide bonds. The maximum atomic E-state index is 5.51. The summed E-state index contributed by atoms with van der Waals surface area (Å²) in [7, 11) is 0. The Bertz CT molecular complexity index is 174. The third-order valence-corrected chi connectivity index (χ3v) is 2.35. The second-order valence-electron chi connectivity index (χ2n) is 1.24. The fraction of sp³-hybridized carbons (Fsp3) is 0.250. The van der Waals surface area contributed by atoms with Crippen molar-refractivity contribution in [3.8, 4) is 0 Å². The van der Waals surface area contributed by atoms with Gasteiger partial charge in [0.05, 0.1) is 0 Å². The zero-order valence-corrected chi connectivity index (χ0v) is 6.43. The van der Waals surface area contributed by atoms with Gasteiger partial charge in [-0.05, 0) is 0 Å². The molecule has 0 saturated heterocycles. The fourth-order valence-corrected chi connectivity index (χ4v) is 1.47. The smallest absolute Gasteiger partial charge is 0.183 e. The molecular weight excluding hydrogens is 162 g/mol. The molecule has 0 aromatic carbocycles. The predicted octanol–water partition coefficient (Wildman–Crippen LogP) is 2.23. The van der Waals surface area contributed by atoms with Crippen LogP contribution in [0, 0.1) is 0 Å². The van der Waals surface area contributed by atoms with Crippen LogP contribution in [0.1, 0.15) is 4.88 Å². The average molecular weight is 166 g/mol. The summed E-state index contributed by atoms with van der Waals surface area (Å²) in [5.41, 5.74) is 0. The fourth-order valence-electron chi connectivity index (χ4n) is 0.357.